The number of methoxy groups -OCH3 is 1. The number of ether oxygens (including phenoxy) is 2. The molecule has 1 fully saturated rings. The molecule has 106 valence electrons. The molecule has 0 amide bonds. The van der Waals surface area contributed by atoms with Crippen LogP contribution in [0.5, 0.6) is 0 Å². The summed E-state index contributed by atoms with van der Waals surface area (Å²) in [5, 5.41) is 0. The highest BCUT2D eigenvalue weighted by Gasteiger charge is 2.44. The van der Waals surface area contributed by atoms with E-state index < -0.39 is 0 Å². The Morgan fingerprint density at radius 3 is 2.74 bits per heavy atom. The topological polar surface area (TPSA) is 35.5 Å². The van der Waals surface area contributed by atoms with Crippen LogP contribution in [-0.4, -0.2) is 25.3 Å². The van der Waals surface area contributed by atoms with E-state index in [0.717, 1.165) is 12.8 Å². The van der Waals surface area contributed by atoms with E-state index in [-0.39, 0.29) is 30.0 Å². The highest BCUT2D eigenvalue weighted by Crippen LogP contribution is 2.36. The maximum Gasteiger partial charge on any atom is 0.161 e. The monoisotopic (exact) mass is 264 g/mol. The largest absolute Gasteiger partial charge is 0.356 e. The number of fused-ring (bicyclic) bond motifs is 1. The lowest BCUT2D eigenvalue weighted by molar-refractivity contribution is -0.124. The highest BCUT2D eigenvalue weighted by molar-refractivity contribution is 5.84. The van der Waals surface area contributed by atoms with Gasteiger partial charge in [0.15, 0.2) is 6.29 Å². The Morgan fingerprint density at radius 1 is 1.32 bits per heavy atom. The zero-order chi connectivity index (χ0) is 14.0. The van der Waals surface area contributed by atoms with E-state index in [4.69, 9.17) is 9.47 Å². The first-order chi connectivity index (χ1) is 9.02. The predicted octanol–water partition coefficient (Wildman–Crippen LogP) is 3.26. The van der Waals surface area contributed by atoms with Gasteiger partial charge in [-0.25, -0.2) is 0 Å². The summed E-state index contributed by atoms with van der Waals surface area (Å²) in [5.41, 5.74) is 2.46. The highest BCUT2D eigenvalue weighted by atomic mass is 16.7. The molecule has 0 unspecified atom stereocenters. The molecule has 0 bridgehead atoms. The van der Waals surface area contributed by atoms with Crippen LogP contribution in [0.15, 0.2) is 23.3 Å². The van der Waals surface area contributed by atoms with Crippen LogP contribution in [0.25, 0.3) is 0 Å². The van der Waals surface area contributed by atoms with Crippen LogP contribution in [0.4, 0.5) is 0 Å². The van der Waals surface area contributed by atoms with Gasteiger partial charge >= 0.3 is 0 Å². The summed E-state index contributed by atoms with van der Waals surface area (Å²) in [5.74, 6) is 0.303. The Kier molecular flexibility index (Phi) is 4.58. The maximum absolute atomic E-state index is 12.5. The normalized spacial score (nSPS) is 42.0. The third-order valence-electron chi connectivity index (χ3n) is 4.18. The third-order valence-corrected chi connectivity index (χ3v) is 4.18. The maximum atomic E-state index is 12.5. The van der Waals surface area contributed by atoms with Crippen LogP contribution in [0.3, 0.4) is 0 Å². The Labute approximate surface area is 115 Å². The molecule has 0 aromatic heterocycles. The molecule has 3 heteroatoms. The second kappa shape index (κ2) is 6.02. The minimum absolute atomic E-state index is 0.0821. The molecule has 1 saturated heterocycles. The van der Waals surface area contributed by atoms with Gasteiger partial charge in [0.25, 0.3) is 0 Å². The van der Waals surface area contributed by atoms with E-state index in [1.807, 2.05) is 13.8 Å². The van der Waals surface area contributed by atoms with Crippen molar-refractivity contribution in [2.75, 3.05) is 7.11 Å². The molecule has 3 nitrogen and oxygen atoms in total. The molecule has 0 N–H and O–H groups in total. The van der Waals surface area contributed by atoms with Crippen molar-refractivity contribution in [1.29, 1.82) is 0 Å². The van der Waals surface area contributed by atoms with Gasteiger partial charge in [-0.2, -0.15) is 0 Å². The molecule has 19 heavy (non-hydrogen) atoms. The first-order valence-corrected chi connectivity index (χ1v) is 7.07. The summed E-state index contributed by atoms with van der Waals surface area (Å²) in [4.78, 5) is 12.5. The minimum atomic E-state index is -0.270. The third kappa shape index (κ3) is 3.15. The fourth-order valence-electron chi connectivity index (χ4n) is 3.10. The number of carbonyl (C=O) groups excluding carboxylic acids is 1. The summed E-state index contributed by atoms with van der Waals surface area (Å²) >= 11 is 0. The Morgan fingerprint density at radius 2 is 2.05 bits per heavy atom. The van der Waals surface area contributed by atoms with Crippen molar-refractivity contribution in [3.05, 3.63) is 23.3 Å². The smallest absolute Gasteiger partial charge is 0.161 e. The number of Topliss-reactive ketones (excluding diaryl/α,β-unsaturated/α-hetero) is 1. The Balaban J connectivity index is 2.29. The number of rotatable bonds is 1. The summed E-state index contributed by atoms with van der Waals surface area (Å²) in [7, 11) is 1.64. The molecule has 1 heterocycles. The quantitative estimate of drug-likeness (QED) is 0.682. The van der Waals surface area contributed by atoms with Crippen molar-refractivity contribution in [3.8, 4) is 0 Å². The van der Waals surface area contributed by atoms with E-state index in [1.54, 1.807) is 7.11 Å². The summed E-state index contributed by atoms with van der Waals surface area (Å²) in [6.07, 6.45) is 6.48. The lowest BCUT2D eigenvalue weighted by Gasteiger charge is -2.19. The van der Waals surface area contributed by atoms with Crippen molar-refractivity contribution in [2.24, 2.45) is 11.8 Å². The average molecular weight is 264 g/mol. The summed E-state index contributed by atoms with van der Waals surface area (Å²) in [6.45, 7) is 6.20. The molecule has 0 aromatic carbocycles. The molecule has 0 saturated carbocycles. The average Bonchev–Trinajstić information content (AvgIpc) is 2.64. The van der Waals surface area contributed by atoms with Gasteiger partial charge in [-0.1, -0.05) is 30.2 Å². The predicted molar refractivity (Wildman–Crippen MR) is 74.7 cm³/mol. The zero-order valence-electron chi connectivity index (χ0n) is 12.3. The minimum Gasteiger partial charge on any atom is -0.356 e. The number of hydrogen-bond acceptors (Lipinski definition) is 3. The van der Waals surface area contributed by atoms with E-state index in [1.165, 1.54) is 11.1 Å². The second-order valence-corrected chi connectivity index (χ2v) is 5.83. The number of allylic oxidation sites excluding steroid dienone is 3. The standard InChI is InChI=1S/C16H24O3/c1-10-6-5-7-11(2)9-14-15(13(17)8-10)12(3)16(18-4)19-14/h6,9,12,14-16H,5,7-8H2,1-4H3/b10-6-,11-9+/t12-,14-,15+,16-/m0/s1. The van der Waals surface area contributed by atoms with Crippen LogP contribution < -0.4 is 0 Å². The second-order valence-electron chi connectivity index (χ2n) is 5.83. The van der Waals surface area contributed by atoms with Gasteiger partial charge in [0, 0.05) is 19.4 Å². The molecule has 0 aromatic rings. The van der Waals surface area contributed by atoms with E-state index >= 15 is 0 Å². The van der Waals surface area contributed by atoms with Gasteiger partial charge in [-0.3, -0.25) is 4.79 Å². The van der Waals surface area contributed by atoms with Crippen molar-refractivity contribution < 1.29 is 14.3 Å². The molecule has 2 aliphatic rings. The fraction of sp³-hybridized carbons (Fsp3) is 0.688. The number of carbonyl (C=O) groups is 1. The zero-order valence-corrected chi connectivity index (χ0v) is 12.3. The summed E-state index contributed by atoms with van der Waals surface area (Å²) < 4.78 is 11.2. The van der Waals surface area contributed by atoms with Crippen molar-refractivity contribution in [3.63, 3.8) is 0 Å². The van der Waals surface area contributed by atoms with Crippen molar-refractivity contribution in [2.45, 2.75) is 52.4 Å². The first kappa shape index (κ1) is 14.5. The molecule has 1 aliphatic heterocycles. The Bertz CT molecular complexity index is 408. The molecule has 4 atom stereocenters. The van der Waals surface area contributed by atoms with Gasteiger partial charge in [-0.05, 0) is 26.7 Å². The van der Waals surface area contributed by atoms with Gasteiger partial charge in [0.05, 0.1) is 12.0 Å². The van der Waals surface area contributed by atoms with Crippen LogP contribution >= 0.6 is 0 Å². The van der Waals surface area contributed by atoms with Gasteiger partial charge in [0.1, 0.15) is 5.78 Å². The molecule has 2 rings (SSSR count). The summed E-state index contributed by atoms with van der Waals surface area (Å²) in [6, 6.07) is 0. The number of hydrogen-bond donors (Lipinski definition) is 0. The number of ketones is 1. The molecule has 1 aliphatic carbocycles. The van der Waals surface area contributed by atoms with Crippen molar-refractivity contribution in [1.82, 2.24) is 0 Å². The van der Waals surface area contributed by atoms with Crippen LogP contribution in [0.1, 0.15) is 40.0 Å². The lowest BCUT2D eigenvalue weighted by atomic mass is 9.83. The lowest BCUT2D eigenvalue weighted by Crippen LogP contribution is -2.28. The van der Waals surface area contributed by atoms with Crippen LogP contribution in [0.2, 0.25) is 0 Å². The molecular formula is C16H24O3. The molecule has 0 spiro atoms. The van der Waals surface area contributed by atoms with Crippen LogP contribution in [0, 0.1) is 11.8 Å². The van der Waals surface area contributed by atoms with Gasteiger partial charge in [-0.15, -0.1) is 0 Å². The van der Waals surface area contributed by atoms with Crippen LogP contribution in [-0.2, 0) is 14.3 Å². The van der Waals surface area contributed by atoms with Crippen molar-refractivity contribution >= 4 is 5.78 Å². The SMILES string of the molecule is CO[C@H]1O[C@H]2/C=C(\C)CC/C=C(/C)CC(=O)[C@H]2[C@@H]1C. The van der Waals surface area contributed by atoms with Gasteiger partial charge < -0.3 is 9.47 Å². The molecule has 0 radical (unpaired) electrons. The fourth-order valence-corrected chi connectivity index (χ4v) is 3.10. The van der Waals surface area contributed by atoms with Gasteiger partial charge in [0.2, 0.25) is 0 Å². The molecular weight excluding hydrogens is 240 g/mol. The van der Waals surface area contributed by atoms with E-state index in [2.05, 4.69) is 19.1 Å². The van der Waals surface area contributed by atoms with E-state index in [9.17, 15) is 4.79 Å². The Hall–Kier alpha value is -0.930. The van der Waals surface area contributed by atoms with E-state index in [0.29, 0.717) is 6.42 Å². The first-order valence-electron chi connectivity index (χ1n) is 7.07.